The van der Waals surface area contributed by atoms with Gasteiger partial charge >= 0.3 is 0 Å². The minimum atomic E-state index is -0.0122. The third-order valence-electron chi connectivity index (χ3n) is 4.61. The highest BCUT2D eigenvalue weighted by Gasteiger charge is 2.19. The quantitative estimate of drug-likeness (QED) is 0.882. The molecule has 24 heavy (non-hydrogen) atoms. The van der Waals surface area contributed by atoms with Crippen LogP contribution >= 0.6 is 0 Å². The van der Waals surface area contributed by atoms with Crippen LogP contribution in [0, 0.1) is 0 Å². The van der Waals surface area contributed by atoms with Crippen molar-refractivity contribution >= 4 is 22.5 Å². The van der Waals surface area contributed by atoms with Gasteiger partial charge in [-0.25, -0.2) is 0 Å². The van der Waals surface area contributed by atoms with Crippen molar-refractivity contribution in [1.29, 1.82) is 0 Å². The summed E-state index contributed by atoms with van der Waals surface area (Å²) < 4.78 is 0. The number of fused-ring (bicyclic) bond motifs is 1. The van der Waals surface area contributed by atoms with Gasteiger partial charge in [-0.2, -0.15) is 0 Å². The molecule has 3 rings (SSSR count). The number of carbonyl (C=O) groups excluding carboxylic acids is 1. The Bertz CT molecular complexity index is 830. The molecule has 1 N–H and O–H groups in total. The Hall–Kier alpha value is -2.56. The molecule has 0 atom stereocenters. The van der Waals surface area contributed by atoms with E-state index in [1.165, 1.54) is 6.08 Å². The van der Waals surface area contributed by atoms with E-state index < -0.39 is 0 Å². The van der Waals surface area contributed by atoms with Crippen LogP contribution in [0.25, 0.3) is 10.9 Å². The van der Waals surface area contributed by atoms with Crippen LogP contribution in [-0.2, 0) is 4.79 Å². The molecule has 1 saturated heterocycles. The molecule has 0 radical (unpaired) electrons. The van der Waals surface area contributed by atoms with Gasteiger partial charge in [0.15, 0.2) is 0 Å². The predicted octanol–water partition coefficient (Wildman–Crippen LogP) is 2.49. The van der Waals surface area contributed by atoms with E-state index >= 15 is 0 Å². The minimum Gasteiger partial charge on any atom is -0.368 e. The summed E-state index contributed by atoms with van der Waals surface area (Å²) in [6, 6.07) is 8.08. The van der Waals surface area contributed by atoms with Gasteiger partial charge in [0.2, 0.25) is 5.91 Å². The number of aromatic amines is 1. The number of nitrogens with one attached hydrogen (secondary N) is 1. The van der Waals surface area contributed by atoms with Crippen LogP contribution in [0.3, 0.4) is 0 Å². The highest BCUT2D eigenvalue weighted by atomic mass is 16.2. The molecule has 0 bridgehead atoms. The highest BCUT2D eigenvalue weighted by molar-refractivity contribution is 5.87. The summed E-state index contributed by atoms with van der Waals surface area (Å²) in [6.07, 6.45) is 1.37. The van der Waals surface area contributed by atoms with Crippen molar-refractivity contribution in [2.75, 3.05) is 31.1 Å². The lowest BCUT2D eigenvalue weighted by molar-refractivity contribution is -0.126. The fourth-order valence-electron chi connectivity index (χ4n) is 3.15. The van der Waals surface area contributed by atoms with E-state index in [2.05, 4.69) is 22.5 Å². The van der Waals surface area contributed by atoms with Crippen molar-refractivity contribution in [2.24, 2.45) is 0 Å². The third-order valence-corrected chi connectivity index (χ3v) is 4.61. The maximum Gasteiger partial charge on any atom is 0.251 e. The Morgan fingerprint density at radius 2 is 1.92 bits per heavy atom. The molecule has 0 spiro atoms. The van der Waals surface area contributed by atoms with Crippen LogP contribution in [0.15, 0.2) is 41.7 Å². The number of hydrogen-bond donors (Lipinski definition) is 1. The monoisotopic (exact) mass is 325 g/mol. The van der Waals surface area contributed by atoms with Crippen molar-refractivity contribution < 1.29 is 4.79 Å². The van der Waals surface area contributed by atoms with Gasteiger partial charge in [0.1, 0.15) is 0 Å². The van der Waals surface area contributed by atoms with Crippen LogP contribution < -0.4 is 10.5 Å². The number of nitrogens with zero attached hydrogens (tertiary/aromatic N) is 2. The zero-order valence-corrected chi connectivity index (χ0v) is 14.2. The van der Waals surface area contributed by atoms with Crippen LogP contribution in [0.1, 0.15) is 25.3 Å². The molecule has 0 saturated carbocycles. The molecular weight excluding hydrogens is 302 g/mol. The number of hydrogen-bond acceptors (Lipinski definition) is 3. The number of rotatable bonds is 3. The molecule has 1 aromatic carbocycles. The summed E-state index contributed by atoms with van der Waals surface area (Å²) in [4.78, 5) is 30.8. The van der Waals surface area contributed by atoms with E-state index in [4.69, 9.17) is 0 Å². The van der Waals surface area contributed by atoms with Crippen molar-refractivity contribution in [2.45, 2.75) is 19.8 Å². The lowest BCUT2D eigenvalue weighted by atomic mass is 10.0. The molecule has 1 aromatic heterocycles. The zero-order chi connectivity index (χ0) is 17.3. The minimum absolute atomic E-state index is 0.00712. The first-order valence-corrected chi connectivity index (χ1v) is 8.33. The van der Waals surface area contributed by atoms with Gasteiger partial charge in [-0.1, -0.05) is 20.4 Å². The molecule has 0 unspecified atom stereocenters. The molecule has 1 aliphatic heterocycles. The fraction of sp³-hybridized carbons (Fsp3) is 0.368. The summed E-state index contributed by atoms with van der Waals surface area (Å²) in [5, 5.41) is 1.04. The summed E-state index contributed by atoms with van der Waals surface area (Å²) >= 11 is 0. The molecule has 1 amide bonds. The number of H-pyrrole nitrogens is 1. The van der Waals surface area contributed by atoms with E-state index in [-0.39, 0.29) is 17.4 Å². The van der Waals surface area contributed by atoms with Crippen molar-refractivity contribution in [3.8, 4) is 0 Å². The van der Waals surface area contributed by atoms with E-state index in [0.29, 0.717) is 13.1 Å². The normalized spacial score (nSPS) is 15.1. The van der Waals surface area contributed by atoms with Gasteiger partial charge in [0.25, 0.3) is 5.56 Å². The Kier molecular flexibility index (Phi) is 4.42. The van der Waals surface area contributed by atoms with Crippen LogP contribution in [0.4, 0.5) is 5.69 Å². The van der Waals surface area contributed by atoms with Gasteiger partial charge in [0.05, 0.1) is 0 Å². The maximum atomic E-state index is 12.1. The average Bonchev–Trinajstić information content (AvgIpc) is 2.60. The first-order valence-electron chi connectivity index (χ1n) is 8.33. The van der Waals surface area contributed by atoms with Gasteiger partial charge in [0, 0.05) is 48.3 Å². The summed E-state index contributed by atoms with van der Waals surface area (Å²) in [5.41, 5.74) is 2.77. The number of amides is 1. The molecule has 2 heterocycles. The summed E-state index contributed by atoms with van der Waals surface area (Å²) in [5.74, 6) is 0.183. The summed E-state index contributed by atoms with van der Waals surface area (Å²) in [7, 11) is 0. The largest absolute Gasteiger partial charge is 0.368 e. The van der Waals surface area contributed by atoms with Crippen molar-refractivity contribution in [1.82, 2.24) is 9.88 Å². The molecule has 2 aromatic rings. The van der Waals surface area contributed by atoms with Crippen LogP contribution in [-0.4, -0.2) is 42.0 Å². The fourth-order valence-corrected chi connectivity index (χ4v) is 3.15. The number of anilines is 1. The van der Waals surface area contributed by atoms with E-state index in [0.717, 1.165) is 35.2 Å². The first kappa shape index (κ1) is 16.3. The SMILES string of the molecule is C=CC(=O)N1CCN(c2ccc3[nH]c(=O)c(C(C)C)cc3c2)CC1. The average molecular weight is 325 g/mol. The van der Waals surface area contributed by atoms with Crippen LogP contribution in [0.2, 0.25) is 0 Å². The first-order chi connectivity index (χ1) is 11.5. The maximum absolute atomic E-state index is 12.1. The van der Waals surface area contributed by atoms with Gasteiger partial charge in [-0.15, -0.1) is 0 Å². The number of carbonyl (C=O) groups is 1. The molecule has 126 valence electrons. The van der Waals surface area contributed by atoms with E-state index in [9.17, 15) is 9.59 Å². The second-order valence-electron chi connectivity index (χ2n) is 6.50. The van der Waals surface area contributed by atoms with Crippen LogP contribution in [0.5, 0.6) is 0 Å². The second kappa shape index (κ2) is 6.51. The van der Waals surface area contributed by atoms with E-state index in [1.54, 1.807) is 0 Å². The predicted molar refractivity (Wildman–Crippen MR) is 97.6 cm³/mol. The number of aromatic nitrogens is 1. The molecule has 1 aliphatic rings. The number of benzene rings is 1. The third kappa shape index (κ3) is 3.07. The molecule has 5 heteroatoms. The molecule has 5 nitrogen and oxygen atoms in total. The number of piperazine rings is 1. The lowest BCUT2D eigenvalue weighted by Crippen LogP contribution is -2.48. The van der Waals surface area contributed by atoms with Crippen molar-refractivity contribution in [3.63, 3.8) is 0 Å². The Labute approximate surface area is 141 Å². The second-order valence-corrected chi connectivity index (χ2v) is 6.50. The lowest BCUT2D eigenvalue weighted by Gasteiger charge is -2.35. The molecule has 0 aliphatic carbocycles. The van der Waals surface area contributed by atoms with Gasteiger partial charge in [-0.05, 0) is 36.3 Å². The standard InChI is InChI=1S/C19H23N3O2/c1-4-18(23)22-9-7-21(8-10-22)15-5-6-17-14(11-15)12-16(13(2)3)19(24)20-17/h4-6,11-13H,1,7-10H2,2-3H3,(H,20,24). The van der Waals surface area contributed by atoms with E-state index in [1.807, 2.05) is 36.9 Å². The van der Waals surface area contributed by atoms with Gasteiger partial charge in [-0.3, -0.25) is 9.59 Å². The van der Waals surface area contributed by atoms with Crippen molar-refractivity contribution in [3.05, 3.63) is 52.8 Å². The topological polar surface area (TPSA) is 56.4 Å². The Balaban J connectivity index is 1.86. The molecule has 1 fully saturated rings. The Morgan fingerprint density at radius 3 is 2.54 bits per heavy atom. The smallest absolute Gasteiger partial charge is 0.251 e. The highest BCUT2D eigenvalue weighted by Crippen LogP contribution is 2.23. The number of pyridine rings is 1. The summed E-state index contributed by atoms with van der Waals surface area (Å²) in [6.45, 7) is 10.6. The molecular formula is C19H23N3O2. The zero-order valence-electron chi connectivity index (χ0n) is 14.2. The van der Waals surface area contributed by atoms with Gasteiger partial charge < -0.3 is 14.8 Å². The Morgan fingerprint density at radius 1 is 1.21 bits per heavy atom.